The van der Waals surface area contributed by atoms with E-state index in [9.17, 15) is 0 Å². The van der Waals surface area contributed by atoms with Crippen molar-refractivity contribution in [1.82, 2.24) is 4.98 Å². The Labute approximate surface area is 105 Å². The van der Waals surface area contributed by atoms with Gasteiger partial charge in [-0.15, -0.1) is 0 Å². The first-order valence-electron chi connectivity index (χ1n) is 5.95. The number of nitrogens with two attached hydrogens (primary N) is 1. The van der Waals surface area contributed by atoms with Gasteiger partial charge >= 0.3 is 0 Å². The number of aromatic nitrogens is 1. The zero-order valence-corrected chi connectivity index (χ0v) is 10.2. The standard InChI is InChI=1S/C15H14N2O/c1-10-14(17-15(16)18-10)13-9-5-3-7-11-6-2-4-8-12(11)13/h2,4-9H,3H2,1H3,(H2,16,17). The van der Waals surface area contributed by atoms with E-state index < -0.39 is 0 Å². The summed E-state index contributed by atoms with van der Waals surface area (Å²) in [5.41, 5.74) is 7.51. The highest BCUT2D eigenvalue weighted by atomic mass is 16.4. The smallest absolute Gasteiger partial charge is 0.292 e. The van der Waals surface area contributed by atoms with Crippen molar-refractivity contribution in [3.8, 4) is 0 Å². The molecule has 0 saturated heterocycles. The van der Waals surface area contributed by atoms with Gasteiger partial charge in [0.1, 0.15) is 11.5 Å². The van der Waals surface area contributed by atoms with E-state index in [1.807, 2.05) is 19.1 Å². The van der Waals surface area contributed by atoms with E-state index in [2.05, 4.69) is 35.3 Å². The van der Waals surface area contributed by atoms with Gasteiger partial charge in [0.15, 0.2) is 0 Å². The Balaban J connectivity index is 2.40. The van der Waals surface area contributed by atoms with Gasteiger partial charge in [-0.3, -0.25) is 0 Å². The second kappa shape index (κ2) is 4.18. The molecule has 2 N–H and O–H groups in total. The van der Waals surface area contributed by atoms with E-state index in [-0.39, 0.29) is 6.01 Å². The molecule has 1 aromatic heterocycles. The Morgan fingerprint density at radius 2 is 2.11 bits per heavy atom. The summed E-state index contributed by atoms with van der Waals surface area (Å²) in [6.45, 7) is 1.89. The van der Waals surface area contributed by atoms with Gasteiger partial charge in [0, 0.05) is 5.57 Å². The molecule has 1 aliphatic rings. The van der Waals surface area contributed by atoms with Crippen molar-refractivity contribution in [3.63, 3.8) is 0 Å². The lowest BCUT2D eigenvalue weighted by atomic mass is 10.1. The molecule has 0 aliphatic heterocycles. The number of hydrogen-bond donors (Lipinski definition) is 1. The highest BCUT2D eigenvalue weighted by Gasteiger charge is 2.12. The summed E-state index contributed by atoms with van der Waals surface area (Å²) < 4.78 is 5.33. The number of fused-ring (bicyclic) bond motifs is 1. The third-order valence-corrected chi connectivity index (χ3v) is 3.08. The molecule has 1 heterocycles. The van der Waals surface area contributed by atoms with Crippen LogP contribution in [0, 0.1) is 6.92 Å². The lowest BCUT2D eigenvalue weighted by Gasteiger charge is -1.99. The minimum atomic E-state index is 0.217. The van der Waals surface area contributed by atoms with Crippen molar-refractivity contribution in [3.05, 3.63) is 58.3 Å². The molecule has 0 fully saturated rings. The zero-order chi connectivity index (χ0) is 12.5. The Hall–Kier alpha value is -2.29. The summed E-state index contributed by atoms with van der Waals surface area (Å²) in [4.78, 5) is 4.28. The molecule has 3 nitrogen and oxygen atoms in total. The van der Waals surface area contributed by atoms with E-state index in [1.54, 1.807) is 0 Å². The van der Waals surface area contributed by atoms with Crippen molar-refractivity contribution < 1.29 is 4.42 Å². The lowest BCUT2D eigenvalue weighted by Crippen LogP contribution is -2.26. The van der Waals surface area contributed by atoms with E-state index in [1.165, 1.54) is 10.4 Å². The lowest BCUT2D eigenvalue weighted by molar-refractivity contribution is 0.547. The SMILES string of the molecule is Cc1oc(N)nc1C1=c2ccccc2=CCC=C1. The van der Waals surface area contributed by atoms with Crippen LogP contribution in [-0.2, 0) is 0 Å². The predicted molar refractivity (Wildman–Crippen MR) is 72.1 cm³/mol. The van der Waals surface area contributed by atoms with Crippen LogP contribution in [0.2, 0.25) is 0 Å². The fraction of sp³-hybridized carbons (Fsp3) is 0.133. The average Bonchev–Trinajstić information content (AvgIpc) is 2.60. The Morgan fingerprint density at radius 3 is 2.89 bits per heavy atom. The maximum atomic E-state index is 5.62. The molecule has 0 saturated carbocycles. The van der Waals surface area contributed by atoms with Crippen molar-refractivity contribution in [2.24, 2.45) is 0 Å². The van der Waals surface area contributed by atoms with Crippen molar-refractivity contribution in [2.45, 2.75) is 13.3 Å². The molecule has 0 spiro atoms. The second-order valence-corrected chi connectivity index (χ2v) is 4.30. The van der Waals surface area contributed by atoms with Crippen LogP contribution in [0.3, 0.4) is 0 Å². The van der Waals surface area contributed by atoms with E-state index in [0.29, 0.717) is 0 Å². The fourth-order valence-electron chi connectivity index (χ4n) is 2.26. The van der Waals surface area contributed by atoms with Crippen LogP contribution in [0.15, 0.2) is 40.8 Å². The highest BCUT2D eigenvalue weighted by molar-refractivity contribution is 5.74. The number of benzene rings is 1. The van der Waals surface area contributed by atoms with Crippen molar-refractivity contribution >= 4 is 17.7 Å². The molecule has 1 aliphatic carbocycles. The minimum absolute atomic E-state index is 0.217. The van der Waals surface area contributed by atoms with E-state index in [4.69, 9.17) is 10.2 Å². The third-order valence-electron chi connectivity index (χ3n) is 3.08. The topological polar surface area (TPSA) is 52.0 Å². The van der Waals surface area contributed by atoms with Gasteiger partial charge in [0.25, 0.3) is 6.01 Å². The summed E-state index contributed by atoms with van der Waals surface area (Å²) in [5, 5.41) is 2.39. The molecule has 0 unspecified atom stereocenters. The van der Waals surface area contributed by atoms with Crippen LogP contribution < -0.4 is 16.2 Å². The monoisotopic (exact) mass is 238 g/mol. The predicted octanol–water partition coefficient (Wildman–Crippen LogP) is 1.50. The Morgan fingerprint density at radius 1 is 1.28 bits per heavy atom. The van der Waals surface area contributed by atoms with Gasteiger partial charge in [0.05, 0.1) is 0 Å². The first-order valence-corrected chi connectivity index (χ1v) is 5.95. The van der Waals surface area contributed by atoms with Gasteiger partial charge in [-0.05, 0) is 23.8 Å². The van der Waals surface area contributed by atoms with Crippen molar-refractivity contribution in [2.75, 3.05) is 5.73 Å². The molecule has 0 radical (unpaired) electrons. The first-order chi connectivity index (χ1) is 8.75. The van der Waals surface area contributed by atoms with Gasteiger partial charge in [0.2, 0.25) is 0 Å². The van der Waals surface area contributed by atoms with Crippen LogP contribution in [0.25, 0.3) is 11.6 Å². The molecule has 3 heteroatoms. The fourth-order valence-corrected chi connectivity index (χ4v) is 2.26. The van der Waals surface area contributed by atoms with E-state index >= 15 is 0 Å². The quantitative estimate of drug-likeness (QED) is 0.819. The van der Waals surface area contributed by atoms with Crippen molar-refractivity contribution in [1.29, 1.82) is 0 Å². The molecule has 18 heavy (non-hydrogen) atoms. The number of allylic oxidation sites excluding steroid dienone is 2. The van der Waals surface area contributed by atoms with E-state index in [0.717, 1.165) is 23.4 Å². The average molecular weight is 238 g/mol. The summed E-state index contributed by atoms with van der Waals surface area (Å²) in [6, 6.07) is 8.50. The van der Waals surface area contributed by atoms with Gasteiger partial charge in [-0.1, -0.05) is 42.5 Å². The van der Waals surface area contributed by atoms with Crippen LogP contribution in [-0.4, -0.2) is 4.98 Å². The van der Waals surface area contributed by atoms with Crippen LogP contribution in [0.1, 0.15) is 17.9 Å². The van der Waals surface area contributed by atoms with Crippen LogP contribution in [0.4, 0.5) is 6.01 Å². The Kier molecular flexibility index (Phi) is 2.52. The number of aryl methyl sites for hydroxylation is 1. The summed E-state index contributed by atoms with van der Waals surface area (Å²) >= 11 is 0. The third kappa shape index (κ3) is 1.74. The summed E-state index contributed by atoms with van der Waals surface area (Å²) in [7, 11) is 0. The molecule has 2 aromatic rings. The zero-order valence-electron chi connectivity index (χ0n) is 10.2. The molecule has 3 rings (SSSR count). The molecular weight excluding hydrogens is 224 g/mol. The number of nitrogen functional groups attached to an aromatic ring is 1. The number of hydrogen-bond acceptors (Lipinski definition) is 3. The van der Waals surface area contributed by atoms with Crippen LogP contribution >= 0.6 is 0 Å². The largest absolute Gasteiger partial charge is 0.429 e. The molecule has 0 bridgehead atoms. The van der Waals surface area contributed by atoms with Gasteiger partial charge in [-0.25, -0.2) is 0 Å². The molecular formula is C15H14N2O. The van der Waals surface area contributed by atoms with Gasteiger partial charge < -0.3 is 10.2 Å². The normalized spacial score (nSPS) is 13.9. The molecule has 0 atom stereocenters. The number of rotatable bonds is 1. The highest BCUT2D eigenvalue weighted by Crippen LogP contribution is 2.19. The number of anilines is 1. The minimum Gasteiger partial charge on any atom is -0.429 e. The molecule has 0 amide bonds. The molecule has 1 aromatic carbocycles. The van der Waals surface area contributed by atoms with Gasteiger partial charge in [-0.2, -0.15) is 4.98 Å². The maximum absolute atomic E-state index is 5.62. The van der Waals surface area contributed by atoms with Crippen LogP contribution in [0.5, 0.6) is 0 Å². The summed E-state index contributed by atoms with van der Waals surface area (Å²) in [6.07, 6.45) is 7.34. The number of nitrogens with zero attached hydrogens (tertiary/aromatic N) is 1. The first kappa shape index (κ1) is 10.8. The second-order valence-electron chi connectivity index (χ2n) is 4.30. The molecule has 90 valence electrons. The summed E-state index contributed by atoms with van der Waals surface area (Å²) in [5.74, 6) is 0.754. The maximum Gasteiger partial charge on any atom is 0.292 e. The Bertz CT molecular complexity index is 738. The number of oxazole rings is 1.